The molecule has 20 heavy (non-hydrogen) atoms. The van der Waals surface area contributed by atoms with Crippen LogP contribution in [0.25, 0.3) is 0 Å². The molecular weight excluding hydrogens is 325 g/mol. The van der Waals surface area contributed by atoms with Crippen molar-refractivity contribution >= 4 is 38.9 Å². The largest absolute Gasteiger partial charge is 0.393 e. The zero-order valence-corrected chi connectivity index (χ0v) is 12.1. The highest BCUT2D eigenvalue weighted by atomic mass is 79.9. The molecule has 0 bridgehead atoms. The van der Waals surface area contributed by atoms with Gasteiger partial charge in [-0.3, -0.25) is 0 Å². The molecule has 0 amide bonds. The molecule has 0 unspecified atom stereocenters. The summed E-state index contributed by atoms with van der Waals surface area (Å²) in [7, 11) is 0. The number of anilines is 4. The Morgan fingerprint density at radius 2 is 2.10 bits per heavy atom. The second-order valence-electron chi connectivity index (χ2n) is 3.90. The molecular formula is C13H13BrFN5. The topological polar surface area (TPSA) is 75.9 Å². The molecule has 7 heteroatoms. The van der Waals surface area contributed by atoms with E-state index in [2.05, 4.69) is 43.1 Å². The lowest BCUT2D eigenvalue weighted by Crippen LogP contribution is -2.08. The minimum atomic E-state index is -0.405. The first-order valence-corrected chi connectivity index (χ1v) is 6.58. The lowest BCUT2D eigenvalue weighted by Gasteiger charge is -2.12. The van der Waals surface area contributed by atoms with E-state index < -0.39 is 5.82 Å². The van der Waals surface area contributed by atoms with Crippen molar-refractivity contribution in [3.05, 3.63) is 47.5 Å². The molecule has 0 spiro atoms. The van der Waals surface area contributed by atoms with E-state index in [-0.39, 0.29) is 5.69 Å². The Morgan fingerprint density at radius 3 is 2.80 bits per heavy atom. The maximum atomic E-state index is 13.8. The highest BCUT2D eigenvalue weighted by Crippen LogP contribution is 2.28. The molecule has 1 aromatic carbocycles. The van der Waals surface area contributed by atoms with Gasteiger partial charge < -0.3 is 16.4 Å². The Kier molecular flexibility index (Phi) is 4.52. The van der Waals surface area contributed by atoms with Crippen LogP contribution in [0, 0.1) is 5.82 Å². The van der Waals surface area contributed by atoms with Gasteiger partial charge in [0.2, 0.25) is 0 Å². The van der Waals surface area contributed by atoms with Gasteiger partial charge in [0.25, 0.3) is 0 Å². The van der Waals surface area contributed by atoms with Crippen LogP contribution < -0.4 is 16.4 Å². The van der Waals surface area contributed by atoms with Crippen LogP contribution in [-0.2, 0) is 0 Å². The van der Waals surface area contributed by atoms with Crippen LogP contribution >= 0.6 is 15.9 Å². The molecule has 2 aromatic rings. The van der Waals surface area contributed by atoms with E-state index in [1.165, 1.54) is 12.4 Å². The molecule has 0 saturated carbocycles. The Bertz CT molecular complexity index is 632. The third kappa shape index (κ3) is 3.24. The van der Waals surface area contributed by atoms with Gasteiger partial charge in [-0.1, -0.05) is 22.0 Å². The lowest BCUT2D eigenvalue weighted by molar-refractivity contribution is 0.631. The van der Waals surface area contributed by atoms with E-state index in [1.54, 1.807) is 18.2 Å². The van der Waals surface area contributed by atoms with E-state index >= 15 is 0 Å². The van der Waals surface area contributed by atoms with Gasteiger partial charge in [-0.2, -0.15) is 0 Å². The van der Waals surface area contributed by atoms with Crippen LogP contribution in [0.3, 0.4) is 0 Å². The molecule has 0 fully saturated rings. The predicted molar refractivity (Wildman–Crippen MR) is 82.5 cm³/mol. The van der Waals surface area contributed by atoms with Crippen molar-refractivity contribution in [2.24, 2.45) is 0 Å². The second-order valence-corrected chi connectivity index (χ2v) is 4.82. The van der Waals surface area contributed by atoms with Crippen LogP contribution in [-0.4, -0.2) is 16.5 Å². The highest BCUT2D eigenvalue weighted by molar-refractivity contribution is 9.10. The fourth-order valence-corrected chi connectivity index (χ4v) is 1.86. The van der Waals surface area contributed by atoms with Gasteiger partial charge >= 0.3 is 0 Å². The van der Waals surface area contributed by atoms with Crippen molar-refractivity contribution < 1.29 is 4.39 Å². The van der Waals surface area contributed by atoms with Crippen LogP contribution in [0.2, 0.25) is 0 Å². The summed E-state index contributed by atoms with van der Waals surface area (Å²) in [6.45, 7) is 4.12. The van der Waals surface area contributed by atoms with E-state index in [9.17, 15) is 4.39 Å². The van der Waals surface area contributed by atoms with Gasteiger partial charge in [-0.05, 0) is 18.2 Å². The van der Waals surface area contributed by atoms with Crippen molar-refractivity contribution in [1.82, 2.24) is 9.97 Å². The summed E-state index contributed by atoms with van der Waals surface area (Å²) in [5.41, 5.74) is 6.54. The number of rotatable bonds is 5. The zero-order valence-electron chi connectivity index (χ0n) is 10.5. The number of nitrogens with two attached hydrogens (primary N) is 1. The quantitative estimate of drug-likeness (QED) is 0.730. The Balaban J connectivity index is 2.27. The van der Waals surface area contributed by atoms with Crippen LogP contribution in [0.5, 0.6) is 0 Å². The van der Waals surface area contributed by atoms with Gasteiger partial charge in [-0.25, -0.2) is 14.4 Å². The van der Waals surface area contributed by atoms with Crippen molar-refractivity contribution in [1.29, 1.82) is 0 Å². The first kappa shape index (κ1) is 14.3. The Morgan fingerprint density at radius 1 is 1.35 bits per heavy atom. The van der Waals surface area contributed by atoms with Gasteiger partial charge in [0.15, 0.2) is 11.6 Å². The van der Waals surface area contributed by atoms with Gasteiger partial charge in [0.05, 0.1) is 5.69 Å². The molecule has 0 atom stereocenters. The van der Waals surface area contributed by atoms with Crippen LogP contribution in [0.4, 0.5) is 27.4 Å². The average Bonchev–Trinajstić information content (AvgIpc) is 2.42. The van der Waals surface area contributed by atoms with E-state index in [1.807, 2.05) is 0 Å². The molecule has 104 valence electrons. The summed E-state index contributed by atoms with van der Waals surface area (Å²) >= 11 is 3.20. The monoisotopic (exact) mass is 337 g/mol. The number of halogens is 2. The summed E-state index contributed by atoms with van der Waals surface area (Å²) < 4.78 is 14.4. The van der Waals surface area contributed by atoms with Gasteiger partial charge in [0.1, 0.15) is 17.8 Å². The molecule has 0 aliphatic heterocycles. The molecule has 0 saturated heterocycles. The number of nitrogens with zero attached hydrogens (tertiary/aromatic N) is 2. The third-order valence-electron chi connectivity index (χ3n) is 2.48. The normalized spacial score (nSPS) is 10.1. The zero-order chi connectivity index (χ0) is 14.5. The van der Waals surface area contributed by atoms with Gasteiger partial charge in [0, 0.05) is 11.0 Å². The summed E-state index contributed by atoms with van der Waals surface area (Å²) in [6, 6.07) is 4.67. The maximum absolute atomic E-state index is 13.8. The van der Waals surface area contributed by atoms with Crippen molar-refractivity contribution in [2.75, 3.05) is 22.9 Å². The van der Waals surface area contributed by atoms with E-state index in [0.29, 0.717) is 28.3 Å². The molecule has 0 aliphatic rings. The summed E-state index contributed by atoms with van der Waals surface area (Å²) in [5.74, 6) is 0.408. The van der Waals surface area contributed by atoms with E-state index in [4.69, 9.17) is 5.73 Å². The Hall–Kier alpha value is -2.15. The number of nitrogens with one attached hydrogen (secondary N) is 2. The number of hydrogen-bond donors (Lipinski definition) is 3. The molecule has 0 radical (unpaired) electrons. The van der Waals surface area contributed by atoms with Crippen molar-refractivity contribution in [3.8, 4) is 0 Å². The molecule has 4 N–H and O–H groups in total. The minimum Gasteiger partial charge on any atom is -0.393 e. The third-order valence-corrected chi connectivity index (χ3v) is 2.98. The van der Waals surface area contributed by atoms with Crippen LogP contribution in [0.15, 0.2) is 41.7 Å². The molecule has 1 aromatic heterocycles. The second kappa shape index (κ2) is 6.33. The lowest BCUT2D eigenvalue weighted by atomic mass is 10.3. The first-order valence-electron chi connectivity index (χ1n) is 5.79. The number of aromatic nitrogens is 2. The SMILES string of the molecule is C=CCNc1ncnc(Nc2ccc(Br)cc2F)c1N. The highest BCUT2D eigenvalue weighted by Gasteiger charge is 2.10. The fourth-order valence-electron chi connectivity index (χ4n) is 1.52. The molecule has 2 rings (SSSR count). The fraction of sp³-hybridized carbons (Fsp3) is 0.0769. The number of benzene rings is 1. The maximum Gasteiger partial charge on any atom is 0.159 e. The summed E-state index contributed by atoms with van der Waals surface area (Å²) in [6.07, 6.45) is 3.03. The first-order chi connectivity index (χ1) is 9.61. The van der Waals surface area contributed by atoms with E-state index in [0.717, 1.165) is 0 Å². The molecule has 5 nitrogen and oxygen atoms in total. The number of nitrogen functional groups attached to an aromatic ring is 1. The summed E-state index contributed by atoms with van der Waals surface area (Å²) in [5, 5.41) is 5.82. The molecule has 0 aliphatic carbocycles. The van der Waals surface area contributed by atoms with Crippen molar-refractivity contribution in [3.63, 3.8) is 0 Å². The van der Waals surface area contributed by atoms with Crippen LogP contribution in [0.1, 0.15) is 0 Å². The van der Waals surface area contributed by atoms with Gasteiger partial charge in [-0.15, -0.1) is 6.58 Å². The standard InChI is InChI=1S/C13H13BrFN5/c1-2-5-17-12-11(16)13(19-7-18-12)20-10-4-3-8(14)6-9(10)15/h2-4,6-7H,1,5,16H2,(H2,17,18,19,20). The Labute approximate surface area is 124 Å². The number of hydrogen-bond acceptors (Lipinski definition) is 5. The predicted octanol–water partition coefficient (Wildman–Crippen LogP) is 3.30. The van der Waals surface area contributed by atoms with Crippen molar-refractivity contribution in [2.45, 2.75) is 0 Å². The average molecular weight is 338 g/mol. The molecule has 1 heterocycles. The summed E-state index contributed by atoms with van der Waals surface area (Å²) in [4.78, 5) is 8.03. The minimum absolute atomic E-state index is 0.285. The smallest absolute Gasteiger partial charge is 0.159 e.